The third-order valence-electron chi connectivity index (χ3n) is 5.11. The van der Waals surface area contributed by atoms with Gasteiger partial charge in [0.1, 0.15) is 12.1 Å². The van der Waals surface area contributed by atoms with Crippen LogP contribution >= 0.6 is 0 Å². The Balaban J connectivity index is 1.32. The number of anilines is 1. The smallest absolute Gasteiger partial charge is 0.278 e. The topological polar surface area (TPSA) is 95.3 Å². The van der Waals surface area contributed by atoms with Crippen LogP contribution in [0.15, 0.2) is 47.3 Å². The van der Waals surface area contributed by atoms with Crippen molar-refractivity contribution in [3.05, 3.63) is 52.8 Å². The molecule has 1 spiro atoms. The van der Waals surface area contributed by atoms with E-state index in [0.29, 0.717) is 28.1 Å². The van der Waals surface area contributed by atoms with Gasteiger partial charge in [0.25, 0.3) is 11.3 Å². The fraction of sp³-hybridized carbons (Fsp3) is 0.300. The quantitative estimate of drug-likeness (QED) is 0.752. The van der Waals surface area contributed by atoms with E-state index in [4.69, 9.17) is 9.47 Å². The third kappa shape index (κ3) is 2.87. The van der Waals surface area contributed by atoms with Gasteiger partial charge in [0, 0.05) is 24.6 Å². The highest BCUT2D eigenvalue weighted by Crippen LogP contribution is 2.47. The largest absolute Gasteiger partial charge is 0.448 e. The molecule has 2 aromatic carbocycles. The summed E-state index contributed by atoms with van der Waals surface area (Å²) in [5.41, 5.74) is 0.722. The van der Waals surface area contributed by atoms with Gasteiger partial charge in [-0.1, -0.05) is 17.3 Å². The summed E-state index contributed by atoms with van der Waals surface area (Å²) in [6.07, 6.45) is 3.90. The minimum atomic E-state index is -0.543. The van der Waals surface area contributed by atoms with Crippen LogP contribution in [0.1, 0.15) is 25.7 Å². The van der Waals surface area contributed by atoms with Crippen molar-refractivity contribution in [1.29, 1.82) is 0 Å². The Morgan fingerprint density at radius 1 is 1.11 bits per heavy atom. The molecule has 0 unspecified atom stereocenters. The molecule has 142 valence electrons. The molecule has 8 nitrogen and oxygen atoms in total. The molecule has 1 fully saturated rings. The predicted molar refractivity (Wildman–Crippen MR) is 101 cm³/mol. The van der Waals surface area contributed by atoms with Crippen molar-refractivity contribution in [2.45, 2.75) is 38.0 Å². The fourth-order valence-corrected chi connectivity index (χ4v) is 3.75. The standard InChI is InChI=1S/C20H18N4O4/c25-18(12-24-19(26)14-5-1-2-6-15(14)22-23-24)21-13-7-8-16-17(11-13)28-20(27-16)9-3-4-10-20/h1-2,5-8,11H,3-4,9-10,12H2,(H,21,25). The van der Waals surface area contributed by atoms with E-state index < -0.39 is 5.79 Å². The summed E-state index contributed by atoms with van der Waals surface area (Å²) in [6.45, 7) is -0.227. The first kappa shape index (κ1) is 16.7. The summed E-state index contributed by atoms with van der Waals surface area (Å²) in [4.78, 5) is 24.9. The van der Waals surface area contributed by atoms with Gasteiger partial charge in [0.05, 0.1) is 5.39 Å². The van der Waals surface area contributed by atoms with Gasteiger partial charge in [-0.2, -0.15) is 0 Å². The van der Waals surface area contributed by atoms with Gasteiger partial charge in [-0.05, 0) is 37.1 Å². The second-order valence-corrected chi connectivity index (χ2v) is 7.10. The Hall–Kier alpha value is -3.42. The lowest BCUT2D eigenvalue weighted by Gasteiger charge is -2.21. The zero-order valence-electron chi connectivity index (χ0n) is 15.1. The van der Waals surface area contributed by atoms with Crippen LogP contribution in [0.25, 0.3) is 10.9 Å². The van der Waals surface area contributed by atoms with E-state index in [2.05, 4.69) is 15.6 Å². The molecule has 0 bridgehead atoms. The molecule has 8 heteroatoms. The SMILES string of the molecule is O=C(Cn1nnc2ccccc2c1=O)Nc1ccc2c(c1)OC1(CCCC1)O2. The number of nitrogens with zero attached hydrogens (tertiary/aromatic N) is 3. The summed E-state index contributed by atoms with van der Waals surface area (Å²) in [5.74, 6) is 0.402. The first-order valence-electron chi connectivity index (χ1n) is 9.26. The van der Waals surface area contributed by atoms with Crippen LogP contribution in [0.3, 0.4) is 0 Å². The van der Waals surface area contributed by atoms with Gasteiger partial charge < -0.3 is 14.8 Å². The Bertz CT molecular complexity index is 1130. The Labute approximate surface area is 160 Å². The minimum Gasteiger partial charge on any atom is -0.448 e. The maximum absolute atomic E-state index is 12.5. The number of ether oxygens (including phenoxy) is 2. The highest BCUT2D eigenvalue weighted by Gasteiger charge is 2.44. The lowest BCUT2D eigenvalue weighted by Crippen LogP contribution is -2.34. The summed E-state index contributed by atoms with van der Waals surface area (Å²) < 4.78 is 13.0. The second kappa shape index (κ2) is 6.33. The van der Waals surface area contributed by atoms with E-state index in [0.717, 1.165) is 30.4 Å². The average molecular weight is 378 g/mol. The van der Waals surface area contributed by atoms with Crippen LogP contribution in [0, 0.1) is 0 Å². The number of rotatable bonds is 3. The number of nitrogens with one attached hydrogen (secondary N) is 1. The molecule has 1 aliphatic carbocycles. The molecule has 28 heavy (non-hydrogen) atoms. The summed E-state index contributed by atoms with van der Waals surface area (Å²) in [7, 11) is 0. The van der Waals surface area contributed by atoms with Gasteiger partial charge >= 0.3 is 0 Å². The van der Waals surface area contributed by atoms with Crippen molar-refractivity contribution in [1.82, 2.24) is 15.0 Å². The molecule has 3 aromatic rings. The molecule has 0 radical (unpaired) electrons. The van der Waals surface area contributed by atoms with Gasteiger partial charge in [-0.25, -0.2) is 4.68 Å². The number of carbonyl (C=O) groups excluding carboxylic acids is 1. The average Bonchev–Trinajstić information content (AvgIpc) is 3.30. The summed E-state index contributed by atoms with van der Waals surface area (Å²) >= 11 is 0. The third-order valence-corrected chi connectivity index (χ3v) is 5.11. The van der Waals surface area contributed by atoms with Gasteiger partial charge in [0.15, 0.2) is 11.5 Å². The monoisotopic (exact) mass is 378 g/mol. The van der Waals surface area contributed by atoms with Crippen molar-refractivity contribution in [3.8, 4) is 11.5 Å². The van der Waals surface area contributed by atoms with Gasteiger partial charge in [-0.15, -0.1) is 5.10 Å². The molecule has 1 aliphatic heterocycles. The van der Waals surface area contributed by atoms with Crippen LogP contribution < -0.4 is 20.3 Å². The first-order chi connectivity index (χ1) is 13.6. The number of carbonyl (C=O) groups is 1. The van der Waals surface area contributed by atoms with Crippen molar-refractivity contribution < 1.29 is 14.3 Å². The molecule has 0 atom stereocenters. The molecular weight excluding hydrogens is 360 g/mol. The van der Waals surface area contributed by atoms with Crippen LogP contribution in [-0.4, -0.2) is 26.7 Å². The zero-order valence-corrected chi connectivity index (χ0v) is 15.1. The number of fused-ring (bicyclic) bond motifs is 2. The lowest BCUT2D eigenvalue weighted by molar-refractivity contribution is -0.117. The van der Waals surface area contributed by atoms with Crippen LogP contribution in [0.2, 0.25) is 0 Å². The zero-order chi connectivity index (χ0) is 19.1. The number of hydrogen-bond donors (Lipinski definition) is 1. The van der Waals surface area contributed by atoms with Gasteiger partial charge in [-0.3, -0.25) is 9.59 Å². The van der Waals surface area contributed by atoms with Crippen molar-refractivity contribution in [2.75, 3.05) is 5.32 Å². The lowest BCUT2D eigenvalue weighted by atomic mass is 10.2. The number of benzene rings is 2. The maximum Gasteiger partial charge on any atom is 0.278 e. The molecule has 1 amide bonds. The highest BCUT2D eigenvalue weighted by molar-refractivity contribution is 5.91. The number of amides is 1. The van der Waals surface area contributed by atoms with Crippen LogP contribution in [0.5, 0.6) is 11.5 Å². The Kier molecular flexibility index (Phi) is 3.78. The van der Waals surface area contributed by atoms with E-state index in [9.17, 15) is 9.59 Å². The van der Waals surface area contributed by atoms with Crippen molar-refractivity contribution in [2.24, 2.45) is 0 Å². The Morgan fingerprint density at radius 3 is 2.75 bits per heavy atom. The minimum absolute atomic E-state index is 0.227. The van der Waals surface area contributed by atoms with E-state index in [1.807, 2.05) is 0 Å². The second-order valence-electron chi connectivity index (χ2n) is 7.10. The molecule has 1 aromatic heterocycles. The van der Waals surface area contributed by atoms with Gasteiger partial charge in [0.2, 0.25) is 5.91 Å². The summed E-state index contributed by atoms with van der Waals surface area (Å²) in [6, 6.07) is 12.2. The fourth-order valence-electron chi connectivity index (χ4n) is 3.75. The summed E-state index contributed by atoms with van der Waals surface area (Å²) in [5, 5.41) is 11.0. The maximum atomic E-state index is 12.5. The molecular formula is C20H18N4O4. The normalized spacial score (nSPS) is 16.6. The Morgan fingerprint density at radius 2 is 1.89 bits per heavy atom. The van der Waals surface area contributed by atoms with E-state index in [1.54, 1.807) is 42.5 Å². The van der Waals surface area contributed by atoms with E-state index in [-0.39, 0.29) is 18.0 Å². The molecule has 0 saturated heterocycles. The predicted octanol–water partition coefficient (Wildman–Crippen LogP) is 2.47. The molecule has 2 aliphatic rings. The highest BCUT2D eigenvalue weighted by atomic mass is 16.7. The number of aromatic nitrogens is 3. The molecule has 5 rings (SSSR count). The number of hydrogen-bond acceptors (Lipinski definition) is 6. The van der Waals surface area contributed by atoms with E-state index in [1.165, 1.54) is 0 Å². The van der Waals surface area contributed by atoms with Crippen molar-refractivity contribution in [3.63, 3.8) is 0 Å². The molecule has 1 N–H and O–H groups in total. The van der Waals surface area contributed by atoms with Crippen LogP contribution in [0.4, 0.5) is 5.69 Å². The first-order valence-corrected chi connectivity index (χ1v) is 9.26. The molecule has 2 heterocycles. The molecule has 1 saturated carbocycles. The van der Waals surface area contributed by atoms with Crippen LogP contribution in [-0.2, 0) is 11.3 Å². The van der Waals surface area contributed by atoms with E-state index >= 15 is 0 Å². The van der Waals surface area contributed by atoms with Crippen molar-refractivity contribution >= 4 is 22.5 Å².